The first-order valence-electron chi connectivity index (χ1n) is 6.37. The monoisotopic (exact) mass is 275 g/mol. The number of aromatic amines is 1. The third-order valence-corrected chi connectivity index (χ3v) is 2.79. The molecule has 2 N–H and O–H groups in total. The van der Waals surface area contributed by atoms with Crippen molar-refractivity contribution in [2.24, 2.45) is 5.92 Å². The van der Waals surface area contributed by atoms with Gasteiger partial charge in [0.1, 0.15) is 6.61 Å². The molecule has 0 aliphatic rings. The Labute approximate surface area is 116 Å². The zero-order valence-corrected chi connectivity index (χ0v) is 11.4. The van der Waals surface area contributed by atoms with E-state index >= 15 is 0 Å². The van der Waals surface area contributed by atoms with Crippen molar-refractivity contribution < 1.29 is 9.53 Å². The highest BCUT2D eigenvalue weighted by atomic mass is 16.5. The Morgan fingerprint density at radius 3 is 2.70 bits per heavy atom. The van der Waals surface area contributed by atoms with Crippen molar-refractivity contribution in [3.8, 4) is 0 Å². The summed E-state index contributed by atoms with van der Waals surface area (Å²) in [6, 6.07) is 9.16. The normalized spacial score (nSPS) is 12.2. The van der Waals surface area contributed by atoms with Crippen molar-refractivity contribution in [2.45, 2.75) is 26.5 Å². The van der Waals surface area contributed by atoms with Crippen LogP contribution in [0.4, 0.5) is 4.79 Å². The molecule has 1 atom stereocenters. The molecule has 1 amide bonds. The first kappa shape index (κ1) is 14.0. The van der Waals surface area contributed by atoms with Crippen molar-refractivity contribution in [1.29, 1.82) is 0 Å². The largest absolute Gasteiger partial charge is 0.445 e. The van der Waals surface area contributed by atoms with Crippen molar-refractivity contribution in [1.82, 2.24) is 25.9 Å². The third-order valence-electron chi connectivity index (χ3n) is 2.79. The van der Waals surface area contributed by atoms with Gasteiger partial charge in [0.25, 0.3) is 0 Å². The summed E-state index contributed by atoms with van der Waals surface area (Å²) in [5.41, 5.74) is 0.934. The number of nitrogens with one attached hydrogen (secondary N) is 2. The minimum Gasteiger partial charge on any atom is -0.445 e. The van der Waals surface area contributed by atoms with Gasteiger partial charge in [0.2, 0.25) is 0 Å². The number of alkyl carbamates (subject to hydrolysis) is 1. The van der Waals surface area contributed by atoms with Gasteiger partial charge >= 0.3 is 6.09 Å². The maximum absolute atomic E-state index is 11.8. The Kier molecular flexibility index (Phi) is 4.65. The van der Waals surface area contributed by atoms with Crippen LogP contribution in [0.1, 0.15) is 31.3 Å². The van der Waals surface area contributed by atoms with Gasteiger partial charge in [-0.1, -0.05) is 49.4 Å². The fraction of sp³-hybridized carbons (Fsp3) is 0.385. The van der Waals surface area contributed by atoms with Crippen LogP contribution in [0.3, 0.4) is 0 Å². The highest BCUT2D eigenvalue weighted by Gasteiger charge is 2.22. The van der Waals surface area contributed by atoms with E-state index in [1.165, 1.54) is 0 Å². The lowest BCUT2D eigenvalue weighted by Gasteiger charge is -2.18. The smallest absolute Gasteiger partial charge is 0.408 e. The third kappa shape index (κ3) is 3.78. The minimum atomic E-state index is -0.502. The molecule has 0 radical (unpaired) electrons. The van der Waals surface area contributed by atoms with Gasteiger partial charge in [0.15, 0.2) is 5.82 Å². The summed E-state index contributed by atoms with van der Waals surface area (Å²) in [7, 11) is 0. The van der Waals surface area contributed by atoms with Crippen LogP contribution in [0, 0.1) is 5.92 Å². The SMILES string of the molecule is CC(C)[C@H](NC(=O)OCc1ccccc1)c1nn[nH]n1. The lowest BCUT2D eigenvalue weighted by Crippen LogP contribution is -2.33. The van der Waals surface area contributed by atoms with E-state index in [9.17, 15) is 4.79 Å². The van der Waals surface area contributed by atoms with Crippen LogP contribution < -0.4 is 5.32 Å². The van der Waals surface area contributed by atoms with Gasteiger partial charge in [-0.25, -0.2) is 4.79 Å². The zero-order chi connectivity index (χ0) is 14.4. The maximum Gasteiger partial charge on any atom is 0.408 e. The maximum atomic E-state index is 11.8. The lowest BCUT2D eigenvalue weighted by molar-refractivity contribution is 0.132. The van der Waals surface area contributed by atoms with Gasteiger partial charge in [-0.3, -0.25) is 0 Å². The molecule has 1 heterocycles. The van der Waals surface area contributed by atoms with Crippen LogP contribution in [0.5, 0.6) is 0 Å². The first-order valence-corrected chi connectivity index (χ1v) is 6.37. The topological polar surface area (TPSA) is 92.8 Å². The number of benzene rings is 1. The van der Waals surface area contributed by atoms with E-state index in [0.717, 1.165) is 5.56 Å². The minimum absolute atomic E-state index is 0.122. The molecule has 0 unspecified atom stereocenters. The molecule has 20 heavy (non-hydrogen) atoms. The highest BCUT2D eigenvalue weighted by molar-refractivity contribution is 5.67. The predicted octanol–water partition coefficient (Wildman–Crippen LogP) is 1.82. The lowest BCUT2D eigenvalue weighted by atomic mass is 10.0. The summed E-state index contributed by atoms with van der Waals surface area (Å²) < 4.78 is 5.17. The number of ether oxygens (including phenoxy) is 1. The fourth-order valence-corrected chi connectivity index (χ4v) is 1.72. The van der Waals surface area contributed by atoms with Crippen LogP contribution in [0.25, 0.3) is 0 Å². The second-order valence-electron chi connectivity index (χ2n) is 4.70. The summed E-state index contributed by atoms with van der Waals surface area (Å²) in [6.07, 6.45) is -0.502. The van der Waals surface area contributed by atoms with E-state index in [0.29, 0.717) is 5.82 Å². The molecule has 0 aliphatic carbocycles. The van der Waals surface area contributed by atoms with Crippen molar-refractivity contribution in [2.75, 3.05) is 0 Å². The molecule has 0 saturated heterocycles. The number of hydrogen-bond acceptors (Lipinski definition) is 5. The molecule has 0 spiro atoms. The number of amides is 1. The van der Waals surface area contributed by atoms with E-state index in [1.807, 2.05) is 44.2 Å². The molecule has 0 fully saturated rings. The molecule has 0 aliphatic heterocycles. The average molecular weight is 275 g/mol. The molecule has 0 saturated carbocycles. The summed E-state index contributed by atoms with van der Waals surface area (Å²) in [5.74, 6) is 0.563. The summed E-state index contributed by atoms with van der Waals surface area (Å²) in [5, 5.41) is 16.4. The van der Waals surface area contributed by atoms with Gasteiger partial charge in [-0.15, -0.1) is 10.2 Å². The number of H-pyrrole nitrogens is 1. The molecule has 2 rings (SSSR count). The number of nitrogens with zero attached hydrogens (tertiary/aromatic N) is 3. The molecule has 7 nitrogen and oxygen atoms in total. The number of carbonyl (C=O) groups is 1. The van der Waals surface area contributed by atoms with Gasteiger partial charge in [-0.2, -0.15) is 5.21 Å². The van der Waals surface area contributed by atoms with Crippen LogP contribution in [-0.2, 0) is 11.3 Å². The summed E-state index contributed by atoms with van der Waals surface area (Å²) >= 11 is 0. The predicted molar refractivity (Wildman–Crippen MR) is 71.5 cm³/mol. The Bertz CT molecular complexity index is 527. The standard InChI is InChI=1S/C13H17N5O2/c1-9(2)11(12-15-17-18-16-12)14-13(19)20-8-10-6-4-3-5-7-10/h3-7,9,11H,8H2,1-2H3,(H,14,19)(H,15,16,17,18)/t11-/m0/s1. The molecule has 1 aromatic carbocycles. The van der Waals surface area contributed by atoms with E-state index < -0.39 is 6.09 Å². The van der Waals surface area contributed by atoms with Crippen molar-refractivity contribution >= 4 is 6.09 Å². The molecule has 0 bridgehead atoms. The molecule has 7 heteroatoms. The Morgan fingerprint density at radius 1 is 1.35 bits per heavy atom. The highest BCUT2D eigenvalue weighted by Crippen LogP contribution is 2.17. The van der Waals surface area contributed by atoms with E-state index in [1.54, 1.807) is 0 Å². The Balaban J connectivity index is 1.89. The van der Waals surface area contributed by atoms with Crippen LogP contribution in [0.2, 0.25) is 0 Å². The van der Waals surface area contributed by atoms with Gasteiger partial charge in [0, 0.05) is 0 Å². The first-order chi connectivity index (χ1) is 9.66. The molecule has 106 valence electrons. The number of hydrogen-bond donors (Lipinski definition) is 2. The quantitative estimate of drug-likeness (QED) is 0.868. The number of rotatable bonds is 5. The number of aromatic nitrogens is 4. The van der Waals surface area contributed by atoms with Crippen LogP contribution >= 0.6 is 0 Å². The molecule has 2 aromatic rings. The molecular formula is C13H17N5O2. The van der Waals surface area contributed by atoms with E-state index in [4.69, 9.17) is 4.74 Å². The number of carbonyl (C=O) groups excluding carboxylic acids is 1. The van der Waals surface area contributed by atoms with Crippen molar-refractivity contribution in [3.05, 3.63) is 41.7 Å². The second kappa shape index (κ2) is 6.65. The molecule has 1 aromatic heterocycles. The van der Waals surface area contributed by atoms with Gasteiger partial charge in [0.05, 0.1) is 6.04 Å². The Morgan fingerprint density at radius 2 is 2.10 bits per heavy atom. The van der Waals surface area contributed by atoms with Crippen molar-refractivity contribution in [3.63, 3.8) is 0 Å². The average Bonchev–Trinajstić information content (AvgIpc) is 2.97. The summed E-state index contributed by atoms with van der Waals surface area (Å²) in [4.78, 5) is 11.8. The van der Waals surface area contributed by atoms with E-state index in [2.05, 4.69) is 25.9 Å². The van der Waals surface area contributed by atoms with E-state index in [-0.39, 0.29) is 18.6 Å². The Hall–Kier alpha value is -2.44. The second-order valence-corrected chi connectivity index (χ2v) is 4.70. The zero-order valence-electron chi connectivity index (χ0n) is 11.4. The number of tetrazole rings is 1. The molecular weight excluding hydrogens is 258 g/mol. The van der Waals surface area contributed by atoms with Gasteiger partial charge < -0.3 is 10.1 Å². The fourth-order valence-electron chi connectivity index (χ4n) is 1.72. The van der Waals surface area contributed by atoms with Gasteiger partial charge in [-0.05, 0) is 11.5 Å². The summed E-state index contributed by atoms with van der Waals surface area (Å²) in [6.45, 7) is 4.14. The van der Waals surface area contributed by atoms with Crippen LogP contribution in [-0.4, -0.2) is 26.7 Å². The van der Waals surface area contributed by atoms with Crippen LogP contribution in [0.15, 0.2) is 30.3 Å².